The van der Waals surface area contributed by atoms with E-state index in [0.717, 1.165) is 36.0 Å². The van der Waals surface area contributed by atoms with E-state index in [9.17, 15) is 9.59 Å². The van der Waals surface area contributed by atoms with Crippen molar-refractivity contribution in [3.05, 3.63) is 46.5 Å². The van der Waals surface area contributed by atoms with Crippen LogP contribution in [0.25, 0.3) is 0 Å². The van der Waals surface area contributed by atoms with Gasteiger partial charge in [-0.15, -0.1) is 0 Å². The average molecular weight is 271 g/mol. The molecule has 3 heteroatoms. The molecule has 1 aliphatic carbocycles. The van der Waals surface area contributed by atoms with Gasteiger partial charge in [0.2, 0.25) is 0 Å². The zero-order chi connectivity index (χ0) is 14.5. The van der Waals surface area contributed by atoms with Gasteiger partial charge >= 0.3 is 0 Å². The molecule has 0 aliphatic heterocycles. The van der Waals surface area contributed by atoms with Crippen LogP contribution in [0.5, 0.6) is 0 Å². The molecular weight excluding hydrogens is 250 g/mol. The van der Waals surface area contributed by atoms with Crippen LogP contribution < -0.4 is 5.73 Å². The van der Waals surface area contributed by atoms with Crippen molar-refractivity contribution in [2.45, 2.75) is 39.0 Å². The van der Waals surface area contributed by atoms with Gasteiger partial charge in [0, 0.05) is 18.4 Å². The molecule has 0 aromatic heterocycles. The van der Waals surface area contributed by atoms with Gasteiger partial charge in [-0.25, -0.2) is 0 Å². The second-order valence-corrected chi connectivity index (χ2v) is 5.34. The fourth-order valence-corrected chi connectivity index (χ4v) is 2.52. The first-order valence-corrected chi connectivity index (χ1v) is 7.16. The van der Waals surface area contributed by atoms with Crippen molar-refractivity contribution in [1.29, 1.82) is 0 Å². The van der Waals surface area contributed by atoms with Crippen LogP contribution in [-0.2, 0) is 11.2 Å². The van der Waals surface area contributed by atoms with E-state index in [1.807, 2.05) is 31.2 Å². The molecule has 0 heterocycles. The molecule has 1 aromatic carbocycles. The van der Waals surface area contributed by atoms with Crippen LogP contribution in [0.4, 0.5) is 0 Å². The summed E-state index contributed by atoms with van der Waals surface area (Å²) in [5, 5.41) is 0. The predicted molar refractivity (Wildman–Crippen MR) is 79.7 cm³/mol. The van der Waals surface area contributed by atoms with E-state index in [2.05, 4.69) is 0 Å². The molecule has 1 aliphatic rings. The van der Waals surface area contributed by atoms with Gasteiger partial charge < -0.3 is 5.73 Å². The normalized spacial score (nSPS) is 15.0. The first-order chi connectivity index (χ1) is 9.61. The summed E-state index contributed by atoms with van der Waals surface area (Å²) < 4.78 is 0. The van der Waals surface area contributed by atoms with Gasteiger partial charge in [0.25, 0.3) is 0 Å². The molecular formula is C17H21NO2. The van der Waals surface area contributed by atoms with Crippen LogP contribution in [0.2, 0.25) is 0 Å². The van der Waals surface area contributed by atoms with E-state index in [1.165, 1.54) is 5.57 Å². The average Bonchev–Trinajstić information content (AvgIpc) is 2.77. The summed E-state index contributed by atoms with van der Waals surface area (Å²) in [7, 11) is 0. The molecule has 0 atom stereocenters. The van der Waals surface area contributed by atoms with Crippen LogP contribution in [0.15, 0.2) is 35.4 Å². The number of allylic oxidation sites excluding steroid dienone is 2. The number of rotatable bonds is 6. The molecule has 0 spiro atoms. The first kappa shape index (κ1) is 14.7. The molecule has 0 bridgehead atoms. The maximum absolute atomic E-state index is 11.8. The summed E-state index contributed by atoms with van der Waals surface area (Å²) in [4.78, 5) is 23.4. The molecule has 2 N–H and O–H groups in total. The fraction of sp³-hybridized carbons (Fsp3) is 0.412. The first-order valence-electron chi connectivity index (χ1n) is 7.16. The number of Topliss-reactive ketones (excluding diaryl/α,β-unsaturated/α-hetero) is 2. The minimum atomic E-state index is 0.147. The van der Waals surface area contributed by atoms with Crippen molar-refractivity contribution in [3.63, 3.8) is 0 Å². The van der Waals surface area contributed by atoms with Gasteiger partial charge in [0.05, 0.1) is 0 Å². The van der Waals surface area contributed by atoms with E-state index < -0.39 is 0 Å². The number of hydrogen-bond donors (Lipinski definition) is 1. The summed E-state index contributed by atoms with van der Waals surface area (Å²) in [6, 6.07) is 7.72. The summed E-state index contributed by atoms with van der Waals surface area (Å²) in [5.74, 6) is 0.419. The fourth-order valence-electron chi connectivity index (χ4n) is 2.52. The van der Waals surface area contributed by atoms with Gasteiger partial charge in [-0.2, -0.15) is 0 Å². The quantitative estimate of drug-likeness (QED) is 0.809. The van der Waals surface area contributed by atoms with Gasteiger partial charge in [-0.3, -0.25) is 9.59 Å². The highest BCUT2D eigenvalue weighted by atomic mass is 16.1. The van der Waals surface area contributed by atoms with Gasteiger partial charge in [-0.1, -0.05) is 29.8 Å². The molecule has 0 radical (unpaired) electrons. The van der Waals surface area contributed by atoms with Crippen molar-refractivity contribution in [2.75, 3.05) is 6.54 Å². The van der Waals surface area contributed by atoms with Gasteiger partial charge in [-0.05, 0) is 43.9 Å². The summed E-state index contributed by atoms with van der Waals surface area (Å²) in [6.07, 6.45) is 3.58. The van der Waals surface area contributed by atoms with E-state index in [1.54, 1.807) is 0 Å². The van der Waals surface area contributed by atoms with E-state index >= 15 is 0 Å². The molecule has 1 aromatic rings. The van der Waals surface area contributed by atoms with E-state index in [4.69, 9.17) is 5.73 Å². The number of carbonyl (C=O) groups excluding carboxylic acids is 2. The Morgan fingerprint density at radius 1 is 1.20 bits per heavy atom. The highest BCUT2D eigenvalue weighted by Crippen LogP contribution is 2.25. The minimum Gasteiger partial charge on any atom is -0.330 e. The zero-order valence-electron chi connectivity index (χ0n) is 11.9. The standard InChI is InChI=1S/C17H21NO2/c1-12-15(8-9-16(12)19)11-13-4-6-14(7-5-13)17(20)3-2-10-18/h4-7H,2-3,8-11,18H2,1H3. The third-order valence-electron chi connectivity index (χ3n) is 3.90. The Morgan fingerprint density at radius 2 is 1.90 bits per heavy atom. The Kier molecular flexibility index (Phi) is 4.85. The number of hydrogen-bond acceptors (Lipinski definition) is 3. The van der Waals surface area contributed by atoms with Crippen LogP contribution in [-0.4, -0.2) is 18.1 Å². The molecule has 3 nitrogen and oxygen atoms in total. The molecule has 2 rings (SSSR count). The van der Waals surface area contributed by atoms with Gasteiger partial charge in [0.15, 0.2) is 11.6 Å². The lowest BCUT2D eigenvalue weighted by Crippen LogP contribution is -2.05. The predicted octanol–water partition coefficient (Wildman–Crippen LogP) is 2.83. The largest absolute Gasteiger partial charge is 0.330 e. The van der Waals surface area contributed by atoms with Crippen LogP contribution in [0.1, 0.15) is 48.5 Å². The zero-order valence-corrected chi connectivity index (χ0v) is 11.9. The molecule has 0 saturated carbocycles. The van der Waals surface area contributed by atoms with Crippen LogP contribution >= 0.6 is 0 Å². The van der Waals surface area contributed by atoms with Crippen LogP contribution in [0.3, 0.4) is 0 Å². The maximum Gasteiger partial charge on any atom is 0.162 e. The third-order valence-corrected chi connectivity index (χ3v) is 3.90. The summed E-state index contributed by atoms with van der Waals surface area (Å²) in [6.45, 7) is 2.46. The number of benzene rings is 1. The van der Waals surface area contributed by atoms with Crippen molar-refractivity contribution >= 4 is 11.6 Å². The Labute approximate surface area is 119 Å². The summed E-state index contributed by atoms with van der Waals surface area (Å²) >= 11 is 0. The Morgan fingerprint density at radius 3 is 2.45 bits per heavy atom. The molecule has 0 saturated heterocycles. The Balaban J connectivity index is 2.02. The summed E-state index contributed by atoms with van der Waals surface area (Å²) in [5.41, 5.74) is 9.47. The highest BCUT2D eigenvalue weighted by Gasteiger charge is 2.18. The molecule has 0 amide bonds. The highest BCUT2D eigenvalue weighted by molar-refractivity contribution is 5.98. The van der Waals surface area contributed by atoms with Gasteiger partial charge in [0.1, 0.15) is 0 Å². The monoisotopic (exact) mass is 271 g/mol. The molecule has 0 fully saturated rings. The molecule has 106 valence electrons. The SMILES string of the molecule is CC1=C(Cc2ccc(C(=O)CCCN)cc2)CCC1=O. The van der Waals surface area contributed by atoms with Crippen molar-refractivity contribution in [3.8, 4) is 0 Å². The molecule has 0 unspecified atom stereocenters. The maximum atomic E-state index is 11.8. The third kappa shape index (κ3) is 3.42. The lowest BCUT2D eigenvalue weighted by molar-refractivity contribution is -0.114. The lowest BCUT2D eigenvalue weighted by atomic mass is 9.99. The van der Waals surface area contributed by atoms with E-state index in [-0.39, 0.29) is 11.6 Å². The number of carbonyl (C=O) groups is 2. The lowest BCUT2D eigenvalue weighted by Gasteiger charge is -2.05. The minimum absolute atomic E-state index is 0.147. The Hall–Kier alpha value is -1.74. The van der Waals surface area contributed by atoms with Crippen molar-refractivity contribution in [2.24, 2.45) is 5.73 Å². The van der Waals surface area contributed by atoms with E-state index in [0.29, 0.717) is 19.4 Å². The Bertz CT molecular complexity index is 541. The number of ketones is 2. The molecule has 20 heavy (non-hydrogen) atoms. The van der Waals surface area contributed by atoms with Crippen molar-refractivity contribution < 1.29 is 9.59 Å². The smallest absolute Gasteiger partial charge is 0.162 e. The second kappa shape index (κ2) is 6.62. The second-order valence-electron chi connectivity index (χ2n) is 5.34. The topological polar surface area (TPSA) is 60.2 Å². The van der Waals surface area contributed by atoms with Crippen molar-refractivity contribution in [1.82, 2.24) is 0 Å². The van der Waals surface area contributed by atoms with Crippen LogP contribution in [0, 0.1) is 0 Å². The number of nitrogens with two attached hydrogens (primary N) is 1.